The zero-order chi connectivity index (χ0) is 18.5. The summed E-state index contributed by atoms with van der Waals surface area (Å²) < 4.78 is 15.9. The number of carbonyl (C=O) groups excluding carboxylic acids is 2. The van der Waals surface area contributed by atoms with Gasteiger partial charge in [0.05, 0.1) is 18.7 Å². The van der Waals surface area contributed by atoms with Gasteiger partial charge in [0.25, 0.3) is 5.91 Å². The number of hydrogen-bond acceptors (Lipinski definition) is 5. The molecular formula is C19H18ClNO5. The topological polar surface area (TPSA) is 73.9 Å². The molecule has 0 aromatic heterocycles. The van der Waals surface area contributed by atoms with E-state index >= 15 is 0 Å². The second-order valence-electron chi connectivity index (χ2n) is 5.82. The number of esters is 1. The van der Waals surface area contributed by atoms with Gasteiger partial charge in [0.15, 0.2) is 6.61 Å². The molecular weight excluding hydrogens is 358 g/mol. The highest BCUT2D eigenvalue weighted by Crippen LogP contribution is 2.30. The van der Waals surface area contributed by atoms with Gasteiger partial charge in [-0.05, 0) is 42.3 Å². The Labute approximate surface area is 156 Å². The third kappa shape index (κ3) is 4.26. The van der Waals surface area contributed by atoms with E-state index in [4.69, 9.17) is 25.8 Å². The van der Waals surface area contributed by atoms with Crippen LogP contribution in [0.1, 0.15) is 5.56 Å². The molecule has 26 heavy (non-hydrogen) atoms. The first-order valence-corrected chi connectivity index (χ1v) is 8.45. The predicted octanol–water partition coefficient (Wildman–Crippen LogP) is 3.08. The first-order chi connectivity index (χ1) is 12.6. The summed E-state index contributed by atoms with van der Waals surface area (Å²) in [7, 11) is 1.51. The molecule has 2 aromatic carbocycles. The lowest BCUT2D eigenvalue weighted by Gasteiger charge is -2.24. The van der Waals surface area contributed by atoms with Gasteiger partial charge in [0.1, 0.15) is 18.1 Å². The van der Waals surface area contributed by atoms with Crippen LogP contribution in [-0.4, -0.2) is 32.2 Å². The molecule has 1 N–H and O–H groups in total. The Morgan fingerprint density at radius 3 is 2.88 bits per heavy atom. The molecule has 1 aliphatic heterocycles. The van der Waals surface area contributed by atoms with Crippen molar-refractivity contribution >= 4 is 29.2 Å². The van der Waals surface area contributed by atoms with Gasteiger partial charge in [0, 0.05) is 5.02 Å². The lowest BCUT2D eigenvalue weighted by atomic mass is 9.97. The van der Waals surface area contributed by atoms with E-state index in [2.05, 4.69) is 5.32 Å². The van der Waals surface area contributed by atoms with Crippen LogP contribution >= 0.6 is 11.6 Å². The fourth-order valence-corrected chi connectivity index (χ4v) is 2.90. The van der Waals surface area contributed by atoms with Gasteiger partial charge in [-0.25, -0.2) is 0 Å². The van der Waals surface area contributed by atoms with Crippen LogP contribution in [-0.2, 0) is 20.7 Å². The number of nitrogens with one attached hydrogen (secondary N) is 1. The molecule has 0 radical (unpaired) electrons. The first kappa shape index (κ1) is 18.1. The van der Waals surface area contributed by atoms with Crippen molar-refractivity contribution in [1.29, 1.82) is 0 Å². The largest absolute Gasteiger partial charge is 0.495 e. The van der Waals surface area contributed by atoms with E-state index in [1.165, 1.54) is 7.11 Å². The second-order valence-corrected chi connectivity index (χ2v) is 6.26. The molecule has 1 amide bonds. The molecule has 0 unspecified atom stereocenters. The van der Waals surface area contributed by atoms with Crippen molar-refractivity contribution in [3.8, 4) is 11.5 Å². The summed E-state index contributed by atoms with van der Waals surface area (Å²) in [6.07, 6.45) is 0.461. The Kier molecular flexibility index (Phi) is 5.63. The summed E-state index contributed by atoms with van der Waals surface area (Å²) >= 11 is 5.97. The minimum Gasteiger partial charge on any atom is -0.495 e. The van der Waals surface area contributed by atoms with Gasteiger partial charge in [-0.1, -0.05) is 23.7 Å². The Balaban J connectivity index is 1.53. The molecule has 0 fully saturated rings. The monoisotopic (exact) mass is 375 g/mol. The third-order valence-corrected chi connectivity index (χ3v) is 4.22. The molecule has 0 spiro atoms. The van der Waals surface area contributed by atoms with E-state index in [0.717, 1.165) is 5.56 Å². The maximum atomic E-state index is 12.2. The van der Waals surface area contributed by atoms with Crippen LogP contribution < -0.4 is 14.8 Å². The number of anilines is 1. The number of ether oxygens (including phenoxy) is 3. The molecule has 3 rings (SSSR count). The number of carbonyl (C=O) groups is 2. The number of hydrogen-bond donors (Lipinski definition) is 1. The lowest BCUT2D eigenvalue weighted by molar-refractivity contribution is -0.152. The predicted molar refractivity (Wildman–Crippen MR) is 96.7 cm³/mol. The molecule has 1 heterocycles. The van der Waals surface area contributed by atoms with Crippen LogP contribution in [0.15, 0.2) is 42.5 Å². The highest BCUT2D eigenvalue weighted by molar-refractivity contribution is 6.30. The van der Waals surface area contributed by atoms with Crippen molar-refractivity contribution < 1.29 is 23.8 Å². The second kappa shape index (κ2) is 8.10. The number of benzene rings is 2. The summed E-state index contributed by atoms with van der Waals surface area (Å²) in [6.45, 7) is -0.169. The van der Waals surface area contributed by atoms with Gasteiger partial charge in [-0.3, -0.25) is 9.59 Å². The zero-order valence-electron chi connectivity index (χ0n) is 14.2. The highest BCUT2D eigenvalue weighted by Gasteiger charge is 2.28. The summed E-state index contributed by atoms with van der Waals surface area (Å²) in [5.74, 6) is -0.150. The molecule has 7 heteroatoms. The minimum atomic E-state index is -0.481. The molecule has 1 atom stereocenters. The fourth-order valence-electron chi connectivity index (χ4n) is 2.70. The Hall–Kier alpha value is -2.73. The van der Waals surface area contributed by atoms with Crippen molar-refractivity contribution in [3.05, 3.63) is 53.1 Å². The van der Waals surface area contributed by atoms with Crippen LogP contribution in [0.2, 0.25) is 5.02 Å². The molecule has 0 saturated heterocycles. The number of fused-ring (bicyclic) bond motifs is 1. The average molecular weight is 376 g/mol. The van der Waals surface area contributed by atoms with Crippen LogP contribution in [0.5, 0.6) is 11.5 Å². The van der Waals surface area contributed by atoms with E-state index in [-0.39, 0.29) is 13.2 Å². The van der Waals surface area contributed by atoms with Crippen LogP contribution in [0, 0.1) is 5.92 Å². The number of methoxy groups -OCH3 is 1. The van der Waals surface area contributed by atoms with Gasteiger partial charge in [-0.2, -0.15) is 0 Å². The van der Waals surface area contributed by atoms with Gasteiger partial charge < -0.3 is 19.5 Å². The van der Waals surface area contributed by atoms with Crippen LogP contribution in [0.25, 0.3) is 0 Å². The Bertz CT molecular complexity index is 823. The summed E-state index contributed by atoms with van der Waals surface area (Å²) in [4.78, 5) is 24.3. The van der Waals surface area contributed by atoms with Crippen molar-refractivity contribution in [1.82, 2.24) is 0 Å². The van der Waals surface area contributed by atoms with E-state index in [1.54, 1.807) is 42.5 Å². The standard InChI is InChI=1S/C19H18ClNO5/c1-24-17-5-3-2-4-15(17)21-18(22)11-26-19(23)13-8-12-9-14(20)6-7-16(12)25-10-13/h2-7,9,13H,8,10-11H2,1H3,(H,21,22)/t13-/m1/s1. The SMILES string of the molecule is COc1ccccc1NC(=O)COC(=O)[C@H]1COc2ccc(Cl)cc2C1. The highest BCUT2D eigenvalue weighted by atomic mass is 35.5. The normalized spacial score (nSPS) is 15.4. The van der Waals surface area contributed by atoms with E-state index in [9.17, 15) is 9.59 Å². The zero-order valence-corrected chi connectivity index (χ0v) is 14.9. The molecule has 0 aliphatic carbocycles. The van der Waals surface area contributed by atoms with Crippen molar-refractivity contribution in [2.45, 2.75) is 6.42 Å². The smallest absolute Gasteiger partial charge is 0.313 e. The fraction of sp³-hybridized carbons (Fsp3) is 0.263. The van der Waals surface area contributed by atoms with Crippen molar-refractivity contribution in [2.75, 3.05) is 25.6 Å². The third-order valence-electron chi connectivity index (χ3n) is 3.99. The van der Waals surface area contributed by atoms with Gasteiger partial charge in [0.2, 0.25) is 0 Å². The van der Waals surface area contributed by atoms with Crippen LogP contribution in [0.3, 0.4) is 0 Å². The number of para-hydroxylation sites is 2. The van der Waals surface area contributed by atoms with Crippen molar-refractivity contribution in [3.63, 3.8) is 0 Å². The molecule has 0 saturated carbocycles. The summed E-state index contributed by atoms with van der Waals surface area (Å²) in [6, 6.07) is 12.3. The number of halogens is 1. The first-order valence-electron chi connectivity index (χ1n) is 8.07. The maximum Gasteiger partial charge on any atom is 0.313 e. The van der Waals surface area contributed by atoms with E-state index < -0.39 is 17.8 Å². The Morgan fingerprint density at radius 2 is 2.08 bits per heavy atom. The maximum absolute atomic E-state index is 12.2. The molecule has 0 bridgehead atoms. The molecule has 1 aliphatic rings. The summed E-state index contributed by atoms with van der Waals surface area (Å²) in [5, 5.41) is 3.23. The van der Waals surface area contributed by atoms with E-state index in [0.29, 0.717) is 28.6 Å². The van der Waals surface area contributed by atoms with Gasteiger partial charge >= 0.3 is 5.97 Å². The number of amides is 1. The molecule has 136 valence electrons. The lowest BCUT2D eigenvalue weighted by Crippen LogP contribution is -2.32. The van der Waals surface area contributed by atoms with Crippen LogP contribution in [0.4, 0.5) is 5.69 Å². The van der Waals surface area contributed by atoms with Gasteiger partial charge in [-0.15, -0.1) is 0 Å². The number of rotatable bonds is 5. The summed E-state index contributed by atoms with van der Waals surface area (Å²) in [5.41, 5.74) is 1.37. The molecule has 2 aromatic rings. The average Bonchev–Trinajstić information content (AvgIpc) is 2.66. The minimum absolute atomic E-state index is 0.210. The van der Waals surface area contributed by atoms with E-state index in [1.807, 2.05) is 0 Å². The van der Waals surface area contributed by atoms with Crippen molar-refractivity contribution in [2.24, 2.45) is 5.92 Å². The Morgan fingerprint density at radius 1 is 1.27 bits per heavy atom. The quantitative estimate of drug-likeness (QED) is 0.813. The molecule has 6 nitrogen and oxygen atoms in total.